The molecule has 1 aromatic heterocycles. The zero-order valence-electron chi connectivity index (χ0n) is 7.51. The summed E-state index contributed by atoms with van der Waals surface area (Å²) in [4.78, 5) is 1.07. The van der Waals surface area contributed by atoms with Crippen LogP contribution in [0.1, 0.15) is 5.76 Å². The number of para-hydroxylation sites is 1. The molecule has 0 fully saturated rings. The lowest BCUT2D eigenvalue weighted by Crippen LogP contribution is -1.87. The molecule has 2 N–H and O–H groups in total. The Morgan fingerprint density at radius 3 is 2.86 bits per heavy atom. The maximum absolute atomic E-state index is 5.79. The summed E-state index contributed by atoms with van der Waals surface area (Å²) < 4.78 is 4.98. The Kier molecular flexibility index (Phi) is 2.74. The summed E-state index contributed by atoms with van der Waals surface area (Å²) in [6.07, 6.45) is 1.64. The van der Waals surface area contributed by atoms with Gasteiger partial charge in [0.05, 0.1) is 11.9 Å². The molecule has 14 heavy (non-hydrogen) atoms. The minimum atomic E-state index is 0.758. The molecule has 1 heterocycles. The summed E-state index contributed by atoms with van der Waals surface area (Å²) in [7, 11) is 0. The Balaban J connectivity index is 2.02. The number of aromatic nitrogens is 1. The molecule has 1 aromatic carbocycles. The topological polar surface area (TPSA) is 52.0 Å². The van der Waals surface area contributed by atoms with Gasteiger partial charge in [0.15, 0.2) is 0 Å². The molecule has 0 saturated carbocycles. The number of nitrogens with two attached hydrogens (primary N) is 1. The second-order valence-corrected chi connectivity index (χ2v) is 3.82. The van der Waals surface area contributed by atoms with Crippen molar-refractivity contribution in [2.24, 2.45) is 0 Å². The van der Waals surface area contributed by atoms with E-state index >= 15 is 0 Å². The van der Waals surface area contributed by atoms with Crippen LogP contribution in [-0.2, 0) is 5.75 Å². The monoisotopic (exact) mass is 206 g/mol. The molecule has 0 aliphatic heterocycles. The van der Waals surface area contributed by atoms with Crippen molar-refractivity contribution in [1.82, 2.24) is 5.16 Å². The van der Waals surface area contributed by atoms with Crippen LogP contribution >= 0.6 is 11.8 Å². The molecular weight excluding hydrogens is 196 g/mol. The number of hydrogen-bond acceptors (Lipinski definition) is 4. The second-order valence-electron chi connectivity index (χ2n) is 2.81. The van der Waals surface area contributed by atoms with Crippen molar-refractivity contribution >= 4 is 17.4 Å². The van der Waals surface area contributed by atoms with Gasteiger partial charge in [-0.1, -0.05) is 17.3 Å². The summed E-state index contributed by atoms with van der Waals surface area (Å²) in [6, 6.07) is 9.64. The van der Waals surface area contributed by atoms with Gasteiger partial charge >= 0.3 is 0 Å². The molecule has 0 saturated heterocycles. The van der Waals surface area contributed by atoms with Gasteiger partial charge in [0.25, 0.3) is 0 Å². The van der Waals surface area contributed by atoms with Crippen molar-refractivity contribution in [3.05, 3.63) is 42.3 Å². The first-order valence-corrected chi connectivity index (χ1v) is 5.21. The Labute approximate surface area is 86.3 Å². The SMILES string of the molecule is Nc1ccccc1SCc1ccno1. The molecule has 0 aliphatic carbocycles. The van der Waals surface area contributed by atoms with E-state index < -0.39 is 0 Å². The van der Waals surface area contributed by atoms with Crippen LogP contribution in [0.5, 0.6) is 0 Å². The fraction of sp³-hybridized carbons (Fsp3) is 0.100. The molecule has 3 nitrogen and oxygen atoms in total. The molecule has 2 rings (SSSR count). The Morgan fingerprint density at radius 1 is 1.29 bits per heavy atom. The van der Waals surface area contributed by atoms with E-state index in [-0.39, 0.29) is 0 Å². The molecular formula is C10H10N2OS. The first-order chi connectivity index (χ1) is 6.86. The third kappa shape index (κ3) is 2.09. The molecule has 0 atom stereocenters. The molecule has 0 spiro atoms. The average molecular weight is 206 g/mol. The number of nitrogens with zero attached hydrogens (tertiary/aromatic N) is 1. The summed E-state index contributed by atoms with van der Waals surface area (Å²) in [5.41, 5.74) is 6.60. The molecule has 4 heteroatoms. The van der Waals surface area contributed by atoms with Gasteiger partial charge in [-0.05, 0) is 12.1 Å². The van der Waals surface area contributed by atoms with Crippen LogP contribution in [0.4, 0.5) is 5.69 Å². The quantitative estimate of drug-likeness (QED) is 0.619. The van der Waals surface area contributed by atoms with Crippen molar-refractivity contribution in [2.45, 2.75) is 10.6 Å². The molecule has 0 aliphatic rings. The van der Waals surface area contributed by atoms with E-state index in [0.29, 0.717) is 0 Å². The maximum Gasteiger partial charge on any atom is 0.146 e. The minimum absolute atomic E-state index is 0.758. The number of anilines is 1. The summed E-state index contributed by atoms with van der Waals surface area (Å²) >= 11 is 1.65. The Morgan fingerprint density at radius 2 is 2.14 bits per heavy atom. The van der Waals surface area contributed by atoms with Gasteiger partial charge in [-0.3, -0.25) is 0 Å². The van der Waals surface area contributed by atoms with E-state index in [0.717, 1.165) is 22.1 Å². The van der Waals surface area contributed by atoms with Gasteiger partial charge in [0.1, 0.15) is 5.76 Å². The van der Waals surface area contributed by atoms with Gasteiger partial charge < -0.3 is 10.3 Å². The highest BCUT2D eigenvalue weighted by atomic mass is 32.2. The summed E-state index contributed by atoms with van der Waals surface area (Å²) in [6.45, 7) is 0. The predicted molar refractivity (Wildman–Crippen MR) is 56.9 cm³/mol. The fourth-order valence-electron chi connectivity index (χ4n) is 1.08. The maximum atomic E-state index is 5.79. The molecule has 72 valence electrons. The molecule has 0 radical (unpaired) electrons. The molecule has 0 bridgehead atoms. The van der Waals surface area contributed by atoms with E-state index in [1.54, 1.807) is 18.0 Å². The normalized spacial score (nSPS) is 10.3. The molecule has 0 unspecified atom stereocenters. The van der Waals surface area contributed by atoms with Crippen LogP contribution in [0.15, 0.2) is 45.9 Å². The van der Waals surface area contributed by atoms with Crippen LogP contribution < -0.4 is 5.73 Å². The van der Waals surface area contributed by atoms with Crippen LogP contribution in [0.25, 0.3) is 0 Å². The van der Waals surface area contributed by atoms with Gasteiger partial charge in [-0.2, -0.15) is 0 Å². The van der Waals surface area contributed by atoms with Gasteiger partial charge in [0.2, 0.25) is 0 Å². The van der Waals surface area contributed by atoms with Crippen molar-refractivity contribution in [1.29, 1.82) is 0 Å². The third-order valence-corrected chi connectivity index (χ3v) is 2.89. The van der Waals surface area contributed by atoms with E-state index in [9.17, 15) is 0 Å². The number of rotatable bonds is 3. The van der Waals surface area contributed by atoms with Gasteiger partial charge in [0, 0.05) is 16.6 Å². The third-order valence-electron chi connectivity index (χ3n) is 1.78. The number of benzene rings is 1. The standard InChI is InChI=1S/C10H10N2OS/c11-9-3-1-2-4-10(9)14-7-8-5-6-12-13-8/h1-6H,7,11H2. The Bertz CT molecular complexity index is 400. The van der Waals surface area contributed by atoms with E-state index in [1.807, 2.05) is 30.3 Å². The predicted octanol–water partition coefficient (Wildman–Crippen LogP) is 2.55. The highest BCUT2D eigenvalue weighted by Crippen LogP contribution is 2.27. The first kappa shape index (κ1) is 9.15. The van der Waals surface area contributed by atoms with E-state index in [2.05, 4.69) is 5.16 Å². The van der Waals surface area contributed by atoms with Crippen LogP contribution in [-0.4, -0.2) is 5.16 Å². The van der Waals surface area contributed by atoms with Crippen LogP contribution in [0.2, 0.25) is 0 Å². The highest BCUT2D eigenvalue weighted by molar-refractivity contribution is 7.98. The Hall–Kier alpha value is -1.42. The molecule has 0 amide bonds. The molecule has 2 aromatic rings. The zero-order valence-corrected chi connectivity index (χ0v) is 8.33. The number of hydrogen-bond donors (Lipinski definition) is 1. The van der Waals surface area contributed by atoms with E-state index in [4.69, 9.17) is 10.3 Å². The second kappa shape index (κ2) is 4.19. The lowest BCUT2D eigenvalue weighted by atomic mass is 10.3. The fourth-order valence-corrected chi connectivity index (χ4v) is 1.93. The van der Waals surface area contributed by atoms with Crippen molar-refractivity contribution in [3.63, 3.8) is 0 Å². The number of thioether (sulfide) groups is 1. The van der Waals surface area contributed by atoms with Crippen LogP contribution in [0, 0.1) is 0 Å². The highest BCUT2D eigenvalue weighted by Gasteiger charge is 2.01. The smallest absolute Gasteiger partial charge is 0.146 e. The minimum Gasteiger partial charge on any atom is -0.398 e. The average Bonchev–Trinajstić information content (AvgIpc) is 2.69. The van der Waals surface area contributed by atoms with Crippen molar-refractivity contribution < 1.29 is 4.52 Å². The first-order valence-electron chi connectivity index (χ1n) is 4.23. The lowest BCUT2D eigenvalue weighted by Gasteiger charge is -2.02. The van der Waals surface area contributed by atoms with Crippen LogP contribution in [0.3, 0.4) is 0 Å². The lowest BCUT2D eigenvalue weighted by molar-refractivity contribution is 0.395. The largest absolute Gasteiger partial charge is 0.398 e. The number of nitrogen functional groups attached to an aromatic ring is 1. The zero-order chi connectivity index (χ0) is 9.80. The summed E-state index contributed by atoms with van der Waals surface area (Å²) in [5, 5.41) is 3.64. The van der Waals surface area contributed by atoms with Crippen molar-refractivity contribution in [2.75, 3.05) is 5.73 Å². The van der Waals surface area contributed by atoms with Gasteiger partial charge in [-0.15, -0.1) is 11.8 Å². The summed E-state index contributed by atoms with van der Waals surface area (Å²) in [5.74, 6) is 1.62. The van der Waals surface area contributed by atoms with Crippen molar-refractivity contribution in [3.8, 4) is 0 Å². The van der Waals surface area contributed by atoms with Gasteiger partial charge in [-0.25, -0.2) is 0 Å². The van der Waals surface area contributed by atoms with E-state index in [1.165, 1.54) is 0 Å².